The van der Waals surface area contributed by atoms with Crippen molar-refractivity contribution in [3.63, 3.8) is 0 Å². The van der Waals surface area contributed by atoms with Crippen molar-refractivity contribution in [2.75, 3.05) is 13.2 Å². The molecule has 0 fully saturated rings. The Bertz CT molecular complexity index is 1460. The molecular weight excluding hydrogens is 1010 g/mol. The van der Waals surface area contributed by atoms with Crippen LogP contribution in [-0.4, -0.2) is 37.2 Å². The molecule has 0 aromatic carbocycles. The van der Waals surface area contributed by atoms with E-state index >= 15 is 0 Å². The first kappa shape index (κ1) is 79.1. The number of esters is 3. The molecule has 0 aliphatic heterocycles. The van der Waals surface area contributed by atoms with E-state index < -0.39 is 6.10 Å². The van der Waals surface area contributed by atoms with Crippen molar-refractivity contribution in [1.82, 2.24) is 0 Å². The Morgan fingerprint density at radius 3 is 0.744 bits per heavy atom. The zero-order valence-corrected chi connectivity index (χ0v) is 55.0. The summed E-state index contributed by atoms with van der Waals surface area (Å²) in [7, 11) is 0. The topological polar surface area (TPSA) is 78.9 Å². The average molecular weight is 1150 g/mol. The van der Waals surface area contributed by atoms with E-state index in [9.17, 15) is 14.4 Å². The fourth-order valence-electron chi connectivity index (χ4n) is 10.9. The smallest absolute Gasteiger partial charge is 0.306 e. The number of unbranched alkanes of at least 4 members (excludes halogenated alkanes) is 46. The van der Waals surface area contributed by atoms with Gasteiger partial charge < -0.3 is 14.2 Å². The fraction of sp³-hybridized carbons (Fsp3) is 0.829. The number of carbonyl (C=O) groups is 3. The van der Waals surface area contributed by atoms with E-state index in [-0.39, 0.29) is 31.1 Å². The van der Waals surface area contributed by atoms with Crippen molar-refractivity contribution in [1.29, 1.82) is 0 Å². The summed E-state index contributed by atoms with van der Waals surface area (Å²) in [6.07, 6.45) is 91.5. The summed E-state index contributed by atoms with van der Waals surface area (Å²) in [5.74, 6) is -0.853. The quantitative estimate of drug-likeness (QED) is 0.0261. The zero-order valence-electron chi connectivity index (χ0n) is 55.0. The highest BCUT2D eigenvalue weighted by atomic mass is 16.6. The predicted octanol–water partition coefficient (Wildman–Crippen LogP) is 25.1. The molecule has 0 saturated heterocycles. The molecule has 0 spiro atoms. The summed E-state index contributed by atoms with van der Waals surface area (Å²) in [6, 6.07) is 0. The second-order valence-corrected chi connectivity index (χ2v) is 24.5. The maximum atomic E-state index is 12.9. The largest absolute Gasteiger partial charge is 0.462 e. The second-order valence-electron chi connectivity index (χ2n) is 24.5. The first-order valence-electron chi connectivity index (χ1n) is 36.3. The normalized spacial score (nSPS) is 12.4. The molecule has 478 valence electrons. The summed E-state index contributed by atoms with van der Waals surface area (Å²) in [4.78, 5) is 38.2. The van der Waals surface area contributed by atoms with E-state index in [1.165, 1.54) is 257 Å². The minimum atomic E-state index is -0.770. The van der Waals surface area contributed by atoms with Crippen LogP contribution in [0, 0.1) is 0 Å². The molecule has 0 amide bonds. The summed E-state index contributed by atoms with van der Waals surface area (Å²) in [5, 5.41) is 0. The van der Waals surface area contributed by atoms with Gasteiger partial charge in [-0.1, -0.05) is 364 Å². The summed E-state index contributed by atoms with van der Waals surface area (Å²) < 4.78 is 16.9. The number of allylic oxidation sites excluding steroid dienone is 10. The lowest BCUT2D eigenvalue weighted by molar-refractivity contribution is -0.167. The highest BCUT2D eigenvalue weighted by molar-refractivity contribution is 5.71. The molecule has 0 aliphatic carbocycles. The Balaban J connectivity index is 4.02. The van der Waals surface area contributed by atoms with E-state index in [0.717, 1.165) is 89.9 Å². The highest BCUT2D eigenvalue weighted by Crippen LogP contribution is 2.19. The van der Waals surface area contributed by atoms with E-state index in [4.69, 9.17) is 14.2 Å². The standard InChI is InChI=1S/C76H138O6/c1-4-7-10-13-16-18-20-22-24-26-28-30-32-34-36-38-40-41-43-45-47-49-51-53-55-57-60-63-66-69-75(78)81-72-73(71-80-74(77)68-65-62-59-15-12-9-6-3)82-76(79)70-67-64-61-58-56-54-52-50-48-46-44-42-39-37-35-33-31-29-27-25-23-21-19-17-14-11-8-5-2/h7,10,16,18,22,24,28,30,34,36,73H,4-6,8-9,11-15,17,19-21,23,25-27,29,31-33,35,37-72H2,1-3H3/b10-7-,18-16-,24-22-,30-28-,36-34-. The van der Waals surface area contributed by atoms with Gasteiger partial charge >= 0.3 is 17.9 Å². The molecule has 82 heavy (non-hydrogen) atoms. The van der Waals surface area contributed by atoms with Crippen LogP contribution >= 0.6 is 0 Å². The molecule has 6 heteroatoms. The van der Waals surface area contributed by atoms with E-state index in [1.807, 2.05) is 0 Å². The van der Waals surface area contributed by atoms with Crippen molar-refractivity contribution in [2.24, 2.45) is 0 Å². The van der Waals surface area contributed by atoms with E-state index in [2.05, 4.69) is 81.5 Å². The van der Waals surface area contributed by atoms with Gasteiger partial charge in [0.1, 0.15) is 13.2 Å². The third-order valence-electron chi connectivity index (χ3n) is 16.3. The van der Waals surface area contributed by atoms with Gasteiger partial charge in [-0.25, -0.2) is 0 Å². The van der Waals surface area contributed by atoms with E-state index in [1.54, 1.807) is 0 Å². The molecule has 6 nitrogen and oxygen atoms in total. The number of hydrogen-bond acceptors (Lipinski definition) is 6. The lowest BCUT2D eigenvalue weighted by Gasteiger charge is -2.18. The van der Waals surface area contributed by atoms with Gasteiger partial charge in [0.2, 0.25) is 0 Å². The molecule has 0 rings (SSSR count). The Morgan fingerprint density at radius 2 is 0.476 bits per heavy atom. The van der Waals surface area contributed by atoms with Crippen LogP contribution in [0.3, 0.4) is 0 Å². The van der Waals surface area contributed by atoms with Crippen molar-refractivity contribution in [2.45, 2.75) is 393 Å². The van der Waals surface area contributed by atoms with Crippen LogP contribution in [0.4, 0.5) is 0 Å². The third-order valence-corrected chi connectivity index (χ3v) is 16.3. The van der Waals surface area contributed by atoms with Gasteiger partial charge in [0.15, 0.2) is 6.10 Å². The van der Waals surface area contributed by atoms with Gasteiger partial charge in [0.25, 0.3) is 0 Å². The molecule has 0 bridgehead atoms. The molecule has 0 aromatic rings. The first-order chi connectivity index (χ1) is 40.5. The maximum Gasteiger partial charge on any atom is 0.306 e. The second kappa shape index (κ2) is 70.6. The van der Waals surface area contributed by atoms with Crippen LogP contribution in [-0.2, 0) is 28.6 Å². The Kier molecular flexibility index (Phi) is 68.1. The Hall–Kier alpha value is -2.89. The van der Waals surface area contributed by atoms with Crippen LogP contribution in [0.15, 0.2) is 60.8 Å². The minimum Gasteiger partial charge on any atom is -0.462 e. The predicted molar refractivity (Wildman–Crippen MR) is 358 cm³/mol. The lowest BCUT2D eigenvalue weighted by atomic mass is 10.0. The molecule has 1 atom stereocenters. The van der Waals surface area contributed by atoms with Crippen molar-refractivity contribution >= 4 is 17.9 Å². The van der Waals surface area contributed by atoms with Gasteiger partial charge in [-0.05, 0) is 64.2 Å². The van der Waals surface area contributed by atoms with Crippen molar-refractivity contribution in [3.05, 3.63) is 60.8 Å². The molecule has 0 saturated carbocycles. The zero-order chi connectivity index (χ0) is 59.2. The maximum absolute atomic E-state index is 12.9. The molecule has 0 aliphatic rings. The lowest BCUT2D eigenvalue weighted by Crippen LogP contribution is -2.30. The molecule has 0 heterocycles. The Morgan fingerprint density at radius 1 is 0.256 bits per heavy atom. The Labute approximate surface area is 510 Å². The first-order valence-corrected chi connectivity index (χ1v) is 36.3. The minimum absolute atomic E-state index is 0.0691. The summed E-state index contributed by atoms with van der Waals surface area (Å²) in [6.45, 7) is 6.55. The van der Waals surface area contributed by atoms with Gasteiger partial charge in [0, 0.05) is 19.3 Å². The fourth-order valence-corrected chi connectivity index (χ4v) is 10.9. The van der Waals surface area contributed by atoms with Gasteiger partial charge in [0.05, 0.1) is 0 Å². The molecule has 0 radical (unpaired) electrons. The molecular formula is C76H138O6. The van der Waals surface area contributed by atoms with Crippen LogP contribution in [0.1, 0.15) is 387 Å². The van der Waals surface area contributed by atoms with E-state index in [0.29, 0.717) is 19.3 Å². The van der Waals surface area contributed by atoms with Crippen LogP contribution < -0.4 is 0 Å². The molecule has 0 N–H and O–H groups in total. The van der Waals surface area contributed by atoms with Gasteiger partial charge in [-0.3, -0.25) is 14.4 Å². The van der Waals surface area contributed by atoms with Crippen molar-refractivity contribution < 1.29 is 28.6 Å². The third kappa shape index (κ3) is 67.9. The summed E-state index contributed by atoms with van der Waals surface area (Å²) in [5.41, 5.74) is 0. The average Bonchev–Trinajstić information content (AvgIpc) is 3.48. The van der Waals surface area contributed by atoms with Crippen LogP contribution in [0.2, 0.25) is 0 Å². The highest BCUT2D eigenvalue weighted by Gasteiger charge is 2.19. The monoisotopic (exact) mass is 1150 g/mol. The number of hydrogen-bond donors (Lipinski definition) is 0. The SMILES string of the molecule is CC/C=C\C/C=C\C/C=C\C/C=C\C/C=C\CCCCCCCCCCCCCCCC(=O)OCC(COC(=O)CCCCCCCCC)OC(=O)CCCCCCCCCCCCCCCCCCCCCCCCCCCCCC. The molecule has 1 unspecified atom stereocenters. The van der Waals surface area contributed by atoms with Crippen molar-refractivity contribution in [3.8, 4) is 0 Å². The van der Waals surface area contributed by atoms with Crippen LogP contribution in [0.5, 0.6) is 0 Å². The number of ether oxygens (including phenoxy) is 3. The van der Waals surface area contributed by atoms with Gasteiger partial charge in [-0.15, -0.1) is 0 Å². The van der Waals surface area contributed by atoms with Crippen LogP contribution in [0.25, 0.3) is 0 Å². The molecule has 0 aromatic heterocycles. The number of rotatable bonds is 67. The number of carbonyl (C=O) groups excluding carboxylic acids is 3. The van der Waals surface area contributed by atoms with Gasteiger partial charge in [-0.2, -0.15) is 0 Å². The summed E-state index contributed by atoms with van der Waals surface area (Å²) >= 11 is 0.